The quantitative estimate of drug-likeness (QED) is 0.783. The Morgan fingerprint density at radius 3 is 2.40 bits per heavy atom. The zero-order valence-electron chi connectivity index (χ0n) is 14.2. The van der Waals surface area contributed by atoms with Crippen LogP contribution in [0, 0.1) is 0 Å². The highest BCUT2D eigenvalue weighted by atomic mass is 35.5. The number of halogens is 1. The third kappa shape index (κ3) is 4.34. The Morgan fingerprint density at radius 1 is 1.04 bits per heavy atom. The van der Waals surface area contributed by atoms with Gasteiger partial charge in [-0.3, -0.25) is 4.79 Å². The van der Waals surface area contributed by atoms with E-state index in [1.165, 1.54) is 0 Å². The maximum absolute atomic E-state index is 12.4. The Labute approximate surface area is 153 Å². The van der Waals surface area contributed by atoms with Crippen LogP contribution in [0.25, 0.3) is 6.08 Å². The van der Waals surface area contributed by atoms with Crippen LogP contribution >= 0.6 is 11.6 Å². The minimum absolute atomic E-state index is 0.0367. The molecular weight excluding hydrogens is 336 g/mol. The van der Waals surface area contributed by atoms with Gasteiger partial charge < -0.3 is 14.5 Å². The zero-order valence-corrected chi connectivity index (χ0v) is 14.9. The van der Waals surface area contributed by atoms with Gasteiger partial charge in [0.1, 0.15) is 5.75 Å². The third-order valence-corrected chi connectivity index (χ3v) is 4.56. The van der Waals surface area contributed by atoms with Gasteiger partial charge in [0.15, 0.2) is 0 Å². The first-order valence-electron chi connectivity index (χ1n) is 8.28. The molecule has 0 aliphatic carbocycles. The summed E-state index contributed by atoms with van der Waals surface area (Å²) in [5, 5.41) is 0.691. The van der Waals surface area contributed by atoms with Gasteiger partial charge in [0, 0.05) is 37.3 Å². The molecule has 2 aromatic carbocycles. The van der Waals surface area contributed by atoms with E-state index in [2.05, 4.69) is 11.0 Å². The minimum Gasteiger partial charge on any atom is -0.495 e. The van der Waals surface area contributed by atoms with Gasteiger partial charge in [-0.25, -0.2) is 0 Å². The average Bonchev–Trinajstić information content (AvgIpc) is 2.67. The van der Waals surface area contributed by atoms with Crippen molar-refractivity contribution in [3.05, 3.63) is 65.2 Å². The van der Waals surface area contributed by atoms with Crippen LogP contribution in [0.1, 0.15) is 5.56 Å². The zero-order chi connectivity index (χ0) is 17.6. The number of nitrogens with zero attached hydrogens (tertiary/aromatic N) is 2. The first kappa shape index (κ1) is 17.4. The number of methoxy groups -OCH3 is 1. The summed E-state index contributed by atoms with van der Waals surface area (Å²) in [5.41, 5.74) is 2.04. The van der Waals surface area contributed by atoms with Crippen LogP contribution in [0.4, 0.5) is 5.69 Å². The standard InChI is InChI=1S/C20H21ClN2O2/c1-25-19-5-3-2-4-18(19)22-12-14-23(15-13-22)20(24)11-8-16-6-9-17(21)10-7-16/h2-11H,12-15H2,1H3. The molecule has 5 heteroatoms. The predicted octanol–water partition coefficient (Wildman–Crippen LogP) is 3.71. The number of benzene rings is 2. The largest absolute Gasteiger partial charge is 0.495 e. The third-order valence-electron chi connectivity index (χ3n) is 4.31. The van der Waals surface area contributed by atoms with Gasteiger partial charge in [-0.15, -0.1) is 0 Å². The van der Waals surface area contributed by atoms with Gasteiger partial charge in [-0.1, -0.05) is 35.9 Å². The SMILES string of the molecule is COc1ccccc1N1CCN(C(=O)C=Cc2ccc(Cl)cc2)CC1. The molecule has 25 heavy (non-hydrogen) atoms. The van der Waals surface area contributed by atoms with Crippen molar-refractivity contribution in [2.75, 3.05) is 38.2 Å². The molecule has 0 aromatic heterocycles. The Kier molecular flexibility index (Phi) is 5.61. The monoisotopic (exact) mass is 356 g/mol. The van der Waals surface area contributed by atoms with E-state index in [1.807, 2.05) is 53.4 Å². The summed E-state index contributed by atoms with van der Waals surface area (Å²) in [6, 6.07) is 15.4. The fourth-order valence-corrected chi connectivity index (χ4v) is 3.03. The van der Waals surface area contributed by atoms with Crippen LogP contribution in [0.15, 0.2) is 54.6 Å². The smallest absolute Gasteiger partial charge is 0.246 e. The lowest BCUT2D eigenvalue weighted by Gasteiger charge is -2.36. The second-order valence-electron chi connectivity index (χ2n) is 5.87. The second kappa shape index (κ2) is 8.08. The number of hydrogen-bond acceptors (Lipinski definition) is 3. The molecule has 1 aliphatic heterocycles. The molecule has 1 amide bonds. The van der Waals surface area contributed by atoms with Crippen molar-refractivity contribution in [2.45, 2.75) is 0 Å². The van der Waals surface area contributed by atoms with Gasteiger partial charge in [0.05, 0.1) is 12.8 Å². The van der Waals surface area contributed by atoms with E-state index in [1.54, 1.807) is 13.2 Å². The molecule has 0 N–H and O–H groups in total. The van der Waals surface area contributed by atoms with E-state index in [0.717, 1.165) is 30.1 Å². The van der Waals surface area contributed by atoms with Crippen LogP contribution in [-0.4, -0.2) is 44.1 Å². The van der Waals surface area contributed by atoms with Crippen LogP contribution in [0.3, 0.4) is 0 Å². The molecule has 1 aliphatic rings. The van der Waals surface area contributed by atoms with Crippen LogP contribution in [0.5, 0.6) is 5.75 Å². The summed E-state index contributed by atoms with van der Waals surface area (Å²) < 4.78 is 5.43. The van der Waals surface area contributed by atoms with E-state index in [9.17, 15) is 4.79 Å². The minimum atomic E-state index is 0.0367. The number of amides is 1. The molecule has 3 rings (SSSR count). The first-order valence-corrected chi connectivity index (χ1v) is 8.65. The van der Waals surface area contributed by atoms with Gasteiger partial charge in [-0.2, -0.15) is 0 Å². The molecule has 0 saturated carbocycles. The fourth-order valence-electron chi connectivity index (χ4n) is 2.91. The van der Waals surface area contributed by atoms with E-state index < -0.39 is 0 Å². The number of rotatable bonds is 4. The van der Waals surface area contributed by atoms with E-state index in [0.29, 0.717) is 18.1 Å². The molecule has 0 bridgehead atoms. The maximum atomic E-state index is 12.4. The molecular formula is C20H21ClN2O2. The summed E-state index contributed by atoms with van der Waals surface area (Å²) in [7, 11) is 1.68. The number of piperazine rings is 1. The molecule has 0 spiro atoms. The maximum Gasteiger partial charge on any atom is 0.246 e. The van der Waals surface area contributed by atoms with E-state index in [-0.39, 0.29) is 5.91 Å². The fraction of sp³-hybridized carbons (Fsp3) is 0.250. The van der Waals surface area contributed by atoms with Crippen LogP contribution < -0.4 is 9.64 Å². The molecule has 0 radical (unpaired) electrons. The predicted molar refractivity (Wildman–Crippen MR) is 102 cm³/mol. The summed E-state index contributed by atoms with van der Waals surface area (Å²) in [5.74, 6) is 0.902. The van der Waals surface area contributed by atoms with Crippen molar-refractivity contribution >= 4 is 29.3 Å². The van der Waals surface area contributed by atoms with E-state index in [4.69, 9.17) is 16.3 Å². The molecule has 1 saturated heterocycles. The first-order chi connectivity index (χ1) is 12.2. The Bertz CT molecular complexity index is 751. The molecule has 0 unspecified atom stereocenters. The highest BCUT2D eigenvalue weighted by Crippen LogP contribution is 2.28. The van der Waals surface area contributed by atoms with Crippen molar-refractivity contribution in [3.63, 3.8) is 0 Å². The lowest BCUT2D eigenvalue weighted by atomic mass is 10.2. The van der Waals surface area contributed by atoms with Gasteiger partial charge in [0.25, 0.3) is 0 Å². The van der Waals surface area contributed by atoms with Crippen LogP contribution in [-0.2, 0) is 4.79 Å². The summed E-state index contributed by atoms with van der Waals surface area (Å²) in [4.78, 5) is 16.5. The molecule has 0 atom stereocenters. The summed E-state index contributed by atoms with van der Waals surface area (Å²) in [6.07, 6.45) is 3.45. The Morgan fingerprint density at radius 2 is 1.72 bits per heavy atom. The highest BCUT2D eigenvalue weighted by molar-refractivity contribution is 6.30. The van der Waals surface area contributed by atoms with E-state index >= 15 is 0 Å². The van der Waals surface area contributed by atoms with Gasteiger partial charge in [0.2, 0.25) is 5.91 Å². The summed E-state index contributed by atoms with van der Waals surface area (Å²) >= 11 is 5.87. The molecule has 1 fully saturated rings. The number of carbonyl (C=O) groups is 1. The number of hydrogen-bond donors (Lipinski definition) is 0. The Hall–Kier alpha value is -2.46. The molecule has 2 aromatic rings. The highest BCUT2D eigenvalue weighted by Gasteiger charge is 2.21. The van der Waals surface area contributed by atoms with Crippen LogP contribution in [0.2, 0.25) is 5.02 Å². The van der Waals surface area contributed by atoms with Crippen molar-refractivity contribution in [3.8, 4) is 5.75 Å². The molecule has 1 heterocycles. The normalized spacial score (nSPS) is 14.8. The van der Waals surface area contributed by atoms with Crippen molar-refractivity contribution in [2.24, 2.45) is 0 Å². The lowest BCUT2D eigenvalue weighted by molar-refractivity contribution is -0.126. The number of ether oxygens (including phenoxy) is 1. The van der Waals surface area contributed by atoms with Gasteiger partial charge >= 0.3 is 0 Å². The second-order valence-corrected chi connectivity index (χ2v) is 6.31. The lowest BCUT2D eigenvalue weighted by Crippen LogP contribution is -2.48. The number of anilines is 1. The average molecular weight is 357 g/mol. The Balaban J connectivity index is 1.58. The van der Waals surface area contributed by atoms with Gasteiger partial charge in [-0.05, 0) is 35.9 Å². The topological polar surface area (TPSA) is 32.8 Å². The molecule has 130 valence electrons. The van der Waals surface area contributed by atoms with Crippen molar-refractivity contribution in [1.82, 2.24) is 4.90 Å². The number of carbonyl (C=O) groups excluding carboxylic acids is 1. The molecule has 4 nitrogen and oxygen atoms in total. The number of para-hydroxylation sites is 2. The van der Waals surface area contributed by atoms with Crippen molar-refractivity contribution < 1.29 is 9.53 Å². The summed E-state index contributed by atoms with van der Waals surface area (Å²) in [6.45, 7) is 2.98. The van der Waals surface area contributed by atoms with Crippen molar-refractivity contribution in [1.29, 1.82) is 0 Å².